The van der Waals surface area contributed by atoms with Crippen LogP contribution >= 0.6 is 0 Å². The van der Waals surface area contributed by atoms with E-state index in [0.717, 1.165) is 36.3 Å². The molecule has 0 saturated carbocycles. The van der Waals surface area contributed by atoms with Gasteiger partial charge in [0.1, 0.15) is 5.75 Å². The van der Waals surface area contributed by atoms with Crippen molar-refractivity contribution in [1.29, 1.82) is 0 Å². The van der Waals surface area contributed by atoms with Crippen molar-refractivity contribution < 1.29 is 9.84 Å². The Hall–Kier alpha value is -2.99. The fourth-order valence-electron chi connectivity index (χ4n) is 3.35. The minimum atomic E-state index is -0.690. The summed E-state index contributed by atoms with van der Waals surface area (Å²) in [4.78, 5) is 7.87. The Labute approximate surface area is 178 Å². The number of H-pyrrole nitrogens is 1. The molecule has 4 N–H and O–H groups in total. The standard InChI is InChI=1S/C24H32N4O2/c1-4-25-24(26-13-12-19-15-27-22-11-6-5-10-21(19)22)28-16-23(29)18-8-7-9-20(14-18)30-17(2)3/h5-11,14-15,17,23,27,29H,4,12-13,16H2,1-3H3,(H2,25,26,28). The van der Waals surface area contributed by atoms with Crippen LogP contribution in [0.4, 0.5) is 0 Å². The van der Waals surface area contributed by atoms with Crippen LogP contribution in [-0.4, -0.2) is 41.8 Å². The molecule has 0 radical (unpaired) electrons. The molecule has 6 nitrogen and oxygen atoms in total. The summed E-state index contributed by atoms with van der Waals surface area (Å²) < 4.78 is 5.71. The number of aromatic amines is 1. The zero-order valence-corrected chi connectivity index (χ0v) is 18.0. The normalized spacial score (nSPS) is 12.9. The molecule has 3 rings (SSSR count). The number of hydrogen-bond acceptors (Lipinski definition) is 3. The lowest BCUT2D eigenvalue weighted by atomic mass is 10.1. The summed E-state index contributed by atoms with van der Waals surface area (Å²) in [5.74, 6) is 1.46. The summed E-state index contributed by atoms with van der Waals surface area (Å²) in [5.41, 5.74) is 3.22. The summed E-state index contributed by atoms with van der Waals surface area (Å²) in [6.07, 6.45) is 2.35. The highest BCUT2D eigenvalue weighted by molar-refractivity contribution is 5.83. The molecule has 0 aliphatic rings. The van der Waals surface area contributed by atoms with Gasteiger partial charge in [-0.25, -0.2) is 0 Å². The maximum atomic E-state index is 10.6. The summed E-state index contributed by atoms with van der Waals surface area (Å²) in [6, 6.07) is 15.9. The van der Waals surface area contributed by atoms with Gasteiger partial charge in [-0.05, 0) is 56.5 Å². The second kappa shape index (κ2) is 10.7. The molecule has 0 bridgehead atoms. The third kappa shape index (κ3) is 6.00. The molecule has 0 amide bonds. The molecule has 30 heavy (non-hydrogen) atoms. The van der Waals surface area contributed by atoms with Crippen molar-refractivity contribution in [1.82, 2.24) is 15.6 Å². The number of nitrogens with one attached hydrogen (secondary N) is 3. The summed E-state index contributed by atoms with van der Waals surface area (Å²) in [7, 11) is 0. The Morgan fingerprint density at radius 1 is 1.13 bits per heavy atom. The van der Waals surface area contributed by atoms with Crippen LogP contribution in [0.5, 0.6) is 5.75 Å². The van der Waals surface area contributed by atoms with E-state index >= 15 is 0 Å². The van der Waals surface area contributed by atoms with Crippen LogP contribution in [0.25, 0.3) is 10.9 Å². The van der Waals surface area contributed by atoms with Crippen molar-refractivity contribution in [2.24, 2.45) is 4.99 Å². The van der Waals surface area contributed by atoms with Crippen LogP contribution in [-0.2, 0) is 6.42 Å². The van der Waals surface area contributed by atoms with Gasteiger partial charge in [-0.2, -0.15) is 0 Å². The van der Waals surface area contributed by atoms with E-state index < -0.39 is 6.10 Å². The first kappa shape index (κ1) is 21.7. The molecule has 3 aromatic rings. The van der Waals surface area contributed by atoms with Crippen molar-refractivity contribution in [2.75, 3.05) is 19.6 Å². The molecule has 6 heteroatoms. The van der Waals surface area contributed by atoms with Gasteiger partial charge in [0.15, 0.2) is 5.96 Å². The number of rotatable bonds is 9. The van der Waals surface area contributed by atoms with E-state index in [0.29, 0.717) is 5.96 Å². The predicted octanol–water partition coefficient (Wildman–Crippen LogP) is 3.79. The lowest BCUT2D eigenvalue weighted by Gasteiger charge is -2.15. The third-order valence-electron chi connectivity index (χ3n) is 4.74. The van der Waals surface area contributed by atoms with Crippen LogP contribution in [0, 0.1) is 0 Å². The summed E-state index contributed by atoms with van der Waals surface area (Å²) >= 11 is 0. The monoisotopic (exact) mass is 408 g/mol. The van der Waals surface area contributed by atoms with Crippen molar-refractivity contribution in [3.05, 3.63) is 65.9 Å². The SMILES string of the molecule is CCNC(=NCC(O)c1cccc(OC(C)C)c1)NCCc1c[nH]c2ccccc12. The molecular formula is C24H32N4O2. The second-order valence-corrected chi connectivity index (χ2v) is 7.51. The zero-order chi connectivity index (χ0) is 21.3. The van der Waals surface area contributed by atoms with Crippen LogP contribution in [0.1, 0.15) is 38.0 Å². The molecule has 160 valence electrons. The maximum Gasteiger partial charge on any atom is 0.191 e. The lowest BCUT2D eigenvalue weighted by Crippen LogP contribution is -2.38. The molecule has 0 aliphatic heterocycles. The Kier molecular flexibility index (Phi) is 7.74. The van der Waals surface area contributed by atoms with E-state index in [-0.39, 0.29) is 12.6 Å². The predicted molar refractivity (Wildman–Crippen MR) is 123 cm³/mol. The maximum absolute atomic E-state index is 10.6. The quantitative estimate of drug-likeness (QED) is 0.321. The molecule has 1 atom stereocenters. The number of guanidine groups is 1. The number of ether oxygens (including phenoxy) is 1. The van der Waals surface area contributed by atoms with Crippen LogP contribution < -0.4 is 15.4 Å². The molecule has 0 spiro atoms. The van der Waals surface area contributed by atoms with Crippen molar-refractivity contribution >= 4 is 16.9 Å². The number of nitrogens with zero attached hydrogens (tertiary/aromatic N) is 1. The third-order valence-corrected chi connectivity index (χ3v) is 4.74. The smallest absolute Gasteiger partial charge is 0.191 e. The van der Waals surface area contributed by atoms with Crippen LogP contribution in [0.15, 0.2) is 59.7 Å². The molecule has 0 aliphatic carbocycles. The number of aliphatic hydroxyl groups is 1. The van der Waals surface area contributed by atoms with Crippen molar-refractivity contribution in [3.63, 3.8) is 0 Å². The molecule has 1 aromatic heterocycles. The van der Waals surface area contributed by atoms with Crippen molar-refractivity contribution in [2.45, 2.75) is 39.4 Å². The first-order valence-electron chi connectivity index (χ1n) is 10.6. The van der Waals surface area contributed by atoms with Gasteiger partial charge in [0.25, 0.3) is 0 Å². The Morgan fingerprint density at radius 2 is 1.97 bits per heavy atom. The minimum absolute atomic E-state index is 0.0946. The van der Waals surface area contributed by atoms with Crippen molar-refractivity contribution in [3.8, 4) is 5.75 Å². The number of para-hydroxylation sites is 1. The van der Waals surface area contributed by atoms with Gasteiger partial charge in [-0.15, -0.1) is 0 Å². The van der Waals surface area contributed by atoms with Gasteiger partial charge in [-0.3, -0.25) is 4.99 Å². The van der Waals surface area contributed by atoms with E-state index in [2.05, 4.69) is 45.0 Å². The van der Waals surface area contributed by atoms with Crippen LogP contribution in [0.3, 0.4) is 0 Å². The molecule has 1 unspecified atom stereocenters. The highest BCUT2D eigenvalue weighted by atomic mass is 16.5. The van der Waals surface area contributed by atoms with E-state index in [1.807, 2.05) is 51.1 Å². The zero-order valence-electron chi connectivity index (χ0n) is 18.0. The summed E-state index contributed by atoms with van der Waals surface area (Å²) in [6.45, 7) is 7.78. The number of aliphatic imine (C=N–C) groups is 1. The number of hydrogen-bond donors (Lipinski definition) is 4. The first-order chi connectivity index (χ1) is 14.6. The van der Waals surface area contributed by atoms with Crippen LogP contribution in [0.2, 0.25) is 0 Å². The molecule has 1 heterocycles. The van der Waals surface area contributed by atoms with Gasteiger partial charge in [-0.1, -0.05) is 30.3 Å². The Balaban J connectivity index is 1.57. The van der Waals surface area contributed by atoms with Gasteiger partial charge >= 0.3 is 0 Å². The van der Waals surface area contributed by atoms with Gasteiger partial charge in [0, 0.05) is 30.2 Å². The van der Waals surface area contributed by atoms with E-state index in [1.165, 1.54) is 10.9 Å². The largest absolute Gasteiger partial charge is 0.491 e. The van der Waals surface area contributed by atoms with Gasteiger partial charge in [0.2, 0.25) is 0 Å². The number of aromatic nitrogens is 1. The van der Waals surface area contributed by atoms with E-state index in [4.69, 9.17) is 4.74 Å². The molecular weight excluding hydrogens is 376 g/mol. The number of aliphatic hydroxyl groups excluding tert-OH is 1. The first-order valence-corrected chi connectivity index (χ1v) is 10.6. The Morgan fingerprint density at radius 3 is 2.77 bits per heavy atom. The average Bonchev–Trinajstić information content (AvgIpc) is 3.14. The minimum Gasteiger partial charge on any atom is -0.491 e. The Bertz CT molecular complexity index is 965. The number of benzene rings is 2. The molecule has 0 fully saturated rings. The number of fused-ring (bicyclic) bond motifs is 1. The topological polar surface area (TPSA) is 81.7 Å². The fourth-order valence-corrected chi connectivity index (χ4v) is 3.35. The fraction of sp³-hybridized carbons (Fsp3) is 0.375. The van der Waals surface area contributed by atoms with Gasteiger partial charge < -0.3 is 25.5 Å². The highest BCUT2D eigenvalue weighted by Gasteiger charge is 2.10. The average molecular weight is 409 g/mol. The molecule has 2 aromatic carbocycles. The van der Waals surface area contributed by atoms with E-state index in [1.54, 1.807) is 0 Å². The lowest BCUT2D eigenvalue weighted by molar-refractivity contribution is 0.185. The van der Waals surface area contributed by atoms with E-state index in [9.17, 15) is 5.11 Å². The summed E-state index contributed by atoms with van der Waals surface area (Å²) in [5, 5.41) is 18.4. The van der Waals surface area contributed by atoms with Gasteiger partial charge in [0.05, 0.1) is 18.8 Å². The second-order valence-electron chi connectivity index (χ2n) is 7.51. The molecule has 0 saturated heterocycles. The highest BCUT2D eigenvalue weighted by Crippen LogP contribution is 2.21.